The highest BCUT2D eigenvalue weighted by Gasteiger charge is 2.16. The second-order valence-corrected chi connectivity index (χ2v) is 29.9. The fourth-order valence-corrected chi connectivity index (χ4v) is 10.1. The summed E-state index contributed by atoms with van der Waals surface area (Å²) in [6.07, 6.45) is 4.19. The summed E-state index contributed by atoms with van der Waals surface area (Å²) in [6, 6.07) is 55.1. The van der Waals surface area contributed by atoms with Crippen LogP contribution in [0.15, 0.2) is 152 Å². The summed E-state index contributed by atoms with van der Waals surface area (Å²) >= 11 is 0. The van der Waals surface area contributed by atoms with E-state index in [0.29, 0.717) is 42.1 Å². The zero-order chi connectivity index (χ0) is 68.4. The molecule has 0 saturated carbocycles. The SMILES string of the molecule is CCC(C)c1ccc(CN(CC(O)O)CC(O)O)cc1.CCC(C)c1ccc(C[N+](C)(C)C)cc1.CCC(C)c1ccc(C[N+](C)(C)C)cc1.CCC(C)c1ccc(C[N+](C)(C)C)cc1.CCC(C)c1ccc(C[N+](C)(C)C)cc1.CCC(C)c1ccccc1. The molecule has 0 spiro atoms. The zero-order valence-electron chi connectivity index (χ0n) is 61.8. The lowest BCUT2D eigenvalue weighted by molar-refractivity contribution is -0.884. The molecule has 6 aromatic carbocycles. The lowest BCUT2D eigenvalue weighted by Crippen LogP contribution is -2.37. The third-order valence-electron chi connectivity index (χ3n) is 16.7. The van der Waals surface area contributed by atoms with Gasteiger partial charge in [-0.25, -0.2) is 0 Å². The van der Waals surface area contributed by atoms with Crippen molar-refractivity contribution >= 4 is 0 Å². The molecule has 504 valence electrons. The van der Waals surface area contributed by atoms with E-state index in [1.54, 1.807) is 4.90 Å². The number of aliphatic hydroxyl groups excluding tert-OH is 2. The molecule has 4 N–H and O–H groups in total. The predicted octanol–water partition coefficient (Wildman–Crippen LogP) is 17.4. The number of nitrogens with zero attached hydrogens (tertiary/aromatic N) is 5. The lowest BCUT2D eigenvalue weighted by Gasteiger charge is -2.24. The molecule has 6 aromatic rings. The largest absolute Gasteiger partial charge is 0.367 e. The molecule has 0 saturated heterocycles. The molecule has 90 heavy (non-hydrogen) atoms. The fourth-order valence-electron chi connectivity index (χ4n) is 10.1. The first kappa shape index (κ1) is 83.0. The van der Waals surface area contributed by atoms with Crippen molar-refractivity contribution in [2.75, 3.05) is 97.7 Å². The van der Waals surface area contributed by atoms with E-state index in [2.05, 4.69) is 307 Å². The number of rotatable bonds is 26. The summed E-state index contributed by atoms with van der Waals surface area (Å²) in [5, 5.41) is 36.1. The monoisotopic (exact) mass is 1240 g/mol. The molecular formula is C81H135N5O4+4. The second kappa shape index (κ2) is 42.2. The highest BCUT2D eigenvalue weighted by atomic mass is 16.5. The van der Waals surface area contributed by atoms with Crippen LogP contribution in [0.25, 0.3) is 0 Å². The van der Waals surface area contributed by atoms with Crippen LogP contribution in [0.3, 0.4) is 0 Å². The molecule has 6 atom stereocenters. The summed E-state index contributed by atoms with van der Waals surface area (Å²) in [5.41, 5.74) is 15.3. The minimum atomic E-state index is -1.49. The van der Waals surface area contributed by atoms with Crippen LogP contribution in [0.2, 0.25) is 0 Å². The van der Waals surface area contributed by atoms with Crippen molar-refractivity contribution in [2.45, 2.75) is 202 Å². The topological polar surface area (TPSA) is 84.2 Å². The molecule has 0 fully saturated rings. The van der Waals surface area contributed by atoms with Crippen LogP contribution < -0.4 is 0 Å². The van der Waals surface area contributed by atoms with Gasteiger partial charge in [-0.05, 0) is 113 Å². The Hall–Kier alpha value is -5.04. The minimum Gasteiger partial charge on any atom is -0.367 e. The molecule has 0 aliphatic heterocycles. The number of benzene rings is 6. The fraction of sp³-hybridized carbons (Fsp3) is 0.556. The Kier molecular flexibility index (Phi) is 38.9. The van der Waals surface area contributed by atoms with Gasteiger partial charge in [0.05, 0.1) is 84.6 Å². The first-order valence-corrected chi connectivity index (χ1v) is 34.1. The molecular weight excluding hydrogens is 1110 g/mol. The zero-order valence-corrected chi connectivity index (χ0v) is 61.8. The normalized spacial score (nSPS) is 13.7. The van der Waals surface area contributed by atoms with Gasteiger partial charge in [0.2, 0.25) is 0 Å². The van der Waals surface area contributed by atoms with Crippen LogP contribution in [-0.4, -0.2) is 153 Å². The standard InChI is InChI=1S/C15H25NO4.4C14H24N.C10H14/c1-3-11(2)13-6-4-12(5-7-13)8-16(9-14(17)18)10-15(19)20;4*1-6-12(2)14-9-7-13(8-10-14)11-15(3,4)5;1-3-9(2)10-7-5-4-6-8-10/h4-7,11,14-15,17-20H,3,8-10H2,1-2H3;4*7-10,12H,6,11H2,1-5H3;4-9H,3H2,1-2H3/q;4*+1;. The Morgan fingerprint density at radius 3 is 0.611 bits per heavy atom. The van der Waals surface area contributed by atoms with Crippen molar-refractivity contribution in [3.8, 4) is 0 Å². The molecule has 0 aromatic heterocycles. The van der Waals surface area contributed by atoms with Crippen molar-refractivity contribution in [3.63, 3.8) is 0 Å². The maximum Gasteiger partial charge on any atom is 0.164 e. The van der Waals surface area contributed by atoms with Crippen molar-refractivity contribution in [1.29, 1.82) is 0 Å². The van der Waals surface area contributed by atoms with E-state index in [9.17, 15) is 0 Å². The van der Waals surface area contributed by atoms with Crippen LogP contribution in [0.1, 0.15) is 218 Å². The molecule has 9 nitrogen and oxygen atoms in total. The summed E-state index contributed by atoms with van der Waals surface area (Å²) in [5.74, 6) is 3.96. The summed E-state index contributed by atoms with van der Waals surface area (Å²) in [6.45, 7) is 31.7. The van der Waals surface area contributed by atoms with Gasteiger partial charge in [-0.3, -0.25) is 4.90 Å². The van der Waals surface area contributed by atoms with Crippen molar-refractivity contribution < 1.29 is 38.4 Å². The first-order chi connectivity index (χ1) is 41.9. The Morgan fingerprint density at radius 1 is 0.267 bits per heavy atom. The van der Waals surface area contributed by atoms with Gasteiger partial charge in [-0.1, -0.05) is 235 Å². The van der Waals surface area contributed by atoms with Gasteiger partial charge in [-0.2, -0.15) is 0 Å². The molecule has 0 heterocycles. The van der Waals surface area contributed by atoms with E-state index in [-0.39, 0.29) is 13.1 Å². The van der Waals surface area contributed by atoms with E-state index in [1.165, 1.54) is 87.7 Å². The molecule has 6 rings (SSSR count). The number of aliphatic hydroxyl groups is 4. The molecule has 9 heteroatoms. The van der Waals surface area contributed by atoms with Gasteiger partial charge in [0.15, 0.2) is 12.6 Å². The lowest BCUT2D eigenvalue weighted by atomic mass is 9.97. The third-order valence-corrected chi connectivity index (χ3v) is 16.7. The molecule has 0 aliphatic rings. The van der Waals surface area contributed by atoms with Crippen LogP contribution in [0.5, 0.6) is 0 Å². The summed E-state index contributed by atoms with van der Waals surface area (Å²) in [4.78, 5) is 1.59. The Morgan fingerprint density at radius 2 is 0.444 bits per heavy atom. The van der Waals surface area contributed by atoms with Gasteiger partial charge in [0, 0.05) is 41.9 Å². The van der Waals surface area contributed by atoms with E-state index in [4.69, 9.17) is 20.4 Å². The molecule has 0 radical (unpaired) electrons. The van der Waals surface area contributed by atoms with E-state index < -0.39 is 12.6 Å². The van der Waals surface area contributed by atoms with Gasteiger partial charge in [0.25, 0.3) is 0 Å². The van der Waals surface area contributed by atoms with Crippen LogP contribution in [0, 0.1) is 0 Å². The minimum absolute atomic E-state index is 0.0231. The quantitative estimate of drug-likeness (QED) is 0.0321. The average molecular weight is 1240 g/mol. The van der Waals surface area contributed by atoms with E-state index >= 15 is 0 Å². The molecule has 6 unspecified atom stereocenters. The molecule has 0 bridgehead atoms. The number of hydrogen-bond acceptors (Lipinski definition) is 5. The number of hydrogen-bond donors (Lipinski definition) is 4. The molecule has 0 amide bonds. The van der Waals surface area contributed by atoms with Crippen molar-refractivity contribution in [1.82, 2.24) is 4.90 Å². The Bertz CT molecular complexity index is 2450. The van der Waals surface area contributed by atoms with E-state index in [0.717, 1.165) is 56.1 Å². The van der Waals surface area contributed by atoms with E-state index in [1.807, 2.05) is 12.1 Å². The third kappa shape index (κ3) is 38.1. The van der Waals surface area contributed by atoms with Gasteiger partial charge >= 0.3 is 0 Å². The first-order valence-electron chi connectivity index (χ1n) is 34.1. The Labute approximate surface area is 553 Å². The van der Waals surface area contributed by atoms with Crippen molar-refractivity contribution in [3.05, 3.63) is 213 Å². The average Bonchev–Trinajstić information content (AvgIpc) is 3.69. The van der Waals surface area contributed by atoms with Crippen LogP contribution in [-0.2, 0) is 32.7 Å². The maximum atomic E-state index is 9.01. The Balaban J connectivity index is 0.000000545. The maximum absolute atomic E-state index is 9.01. The van der Waals surface area contributed by atoms with Crippen LogP contribution >= 0.6 is 0 Å². The highest BCUT2D eigenvalue weighted by Crippen LogP contribution is 2.25. The predicted molar refractivity (Wildman–Crippen MR) is 390 cm³/mol. The van der Waals surface area contributed by atoms with Crippen LogP contribution in [0.4, 0.5) is 0 Å². The van der Waals surface area contributed by atoms with Gasteiger partial charge < -0.3 is 38.4 Å². The van der Waals surface area contributed by atoms with Crippen molar-refractivity contribution in [2.24, 2.45) is 0 Å². The smallest absolute Gasteiger partial charge is 0.164 e. The second-order valence-electron chi connectivity index (χ2n) is 29.9. The molecule has 0 aliphatic carbocycles. The van der Waals surface area contributed by atoms with Gasteiger partial charge in [-0.15, -0.1) is 0 Å². The summed E-state index contributed by atoms with van der Waals surface area (Å²) < 4.78 is 3.96. The highest BCUT2D eigenvalue weighted by molar-refractivity contribution is 5.28. The number of quaternary nitrogens is 4. The van der Waals surface area contributed by atoms with Gasteiger partial charge in [0.1, 0.15) is 26.2 Å². The summed E-state index contributed by atoms with van der Waals surface area (Å²) in [7, 11) is 26.7.